The molecule has 25 heavy (non-hydrogen) atoms. The Morgan fingerprint density at radius 1 is 1.40 bits per heavy atom. The highest BCUT2D eigenvalue weighted by Gasteiger charge is 2.29. The minimum atomic E-state index is -0.0392. The summed E-state index contributed by atoms with van der Waals surface area (Å²) in [6.07, 6.45) is 6.84. The molecule has 7 heteroatoms. The first-order valence-corrected chi connectivity index (χ1v) is 8.61. The van der Waals surface area contributed by atoms with Crippen LogP contribution in [0.3, 0.4) is 0 Å². The maximum absolute atomic E-state index is 13.0. The zero-order valence-corrected chi connectivity index (χ0v) is 14.2. The van der Waals surface area contributed by atoms with E-state index in [4.69, 9.17) is 4.42 Å². The Morgan fingerprint density at radius 2 is 2.32 bits per heavy atom. The summed E-state index contributed by atoms with van der Waals surface area (Å²) >= 11 is 0. The molecule has 4 rings (SSSR count). The van der Waals surface area contributed by atoms with Gasteiger partial charge in [-0.3, -0.25) is 14.6 Å². The lowest BCUT2D eigenvalue weighted by Crippen LogP contribution is -2.46. The van der Waals surface area contributed by atoms with Gasteiger partial charge in [-0.25, -0.2) is 0 Å². The lowest BCUT2D eigenvalue weighted by molar-refractivity contribution is 0.0578. The van der Waals surface area contributed by atoms with Crippen molar-refractivity contribution in [2.45, 2.75) is 38.8 Å². The Hall–Kier alpha value is -2.83. The highest BCUT2D eigenvalue weighted by Crippen LogP contribution is 2.24. The van der Waals surface area contributed by atoms with Gasteiger partial charge in [0.1, 0.15) is 11.5 Å². The van der Waals surface area contributed by atoms with Gasteiger partial charge in [-0.2, -0.15) is 10.2 Å². The number of amides is 1. The topological polar surface area (TPSA) is 80.0 Å². The third kappa shape index (κ3) is 3.22. The standard InChI is InChI=1S/C18H21N5O2/c1-13-6-7-17(25-13)15-11-16(21-20-15)18(24)23-10-3-2-5-14(23)12-22-9-4-8-19-22/h4,6-9,11,14H,2-3,5,10,12H2,1H3,(H,20,21). The number of aryl methyl sites for hydroxylation is 1. The van der Waals surface area contributed by atoms with E-state index in [1.807, 2.05) is 40.9 Å². The summed E-state index contributed by atoms with van der Waals surface area (Å²) < 4.78 is 7.48. The van der Waals surface area contributed by atoms with Crippen LogP contribution in [0, 0.1) is 6.92 Å². The number of aromatic amines is 1. The minimum absolute atomic E-state index is 0.0392. The monoisotopic (exact) mass is 339 g/mol. The molecule has 1 saturated heterocycles. The van der Waals surface area contributed by atoms with Gasteiger partial charge in [-0.15, -0.1) is 0 Å². The second-order valence-electron chi connectivity index (χ2n) is 6.45. The number of carbonyl (C=O) groups excluding carboxylic acids is 1. The highest BCUT2D eigenvalue weighted by molar-refractivity contribution is 5.93. The molecule has 1 aliphatic heterocycles. The van der Waals surface area contributed by atoms with Gasteiger partial charge in [0.15, 0.2) is 11.5 Å². The summed E-state index contributed by atoms with van der Waals surface area (Å²) in [5.74, 6) is 1.48. The molecule has 1 aliphatic rings. The zero-order chi connectivity index (χ0) is 17.2. The lowest BCUT2D eigenvalue weighted by atomic mass is 10.0. The smallest absolute Gasteiger partial charge is 0.274 e. The molecule has 3 aromatic heterocycles. The van der Waals surface area contributed by atoms with Crippen molar-refractivity contribution in [3.05, 3.63) is 48.1 Å². The van der Waals surface area contributed by atoms with Crippen LogP contribution in [-0.2, 0) is 6.54 Å². The van der Waals surface area contributed by atoms with Gasteiger partial charge in [0.2, 0.25) is 0 Å². The number of rotatable bonds is 4. The molecule has 0 radical (unpaired) electrons. The molecule has 1 amide bonds. The first-order chi connectivity index (χ1) is 12.2. The zero-order valence-electron chi connectivity index (χ0n) is 14.2. The summed E-state index contributed by atoms with van der Waals surface area (Å²) in [6.45, 7) is 3.36. The molecular weight excluding hydrogens is 318 g/mol. The number of furan rings is 1. The number of likely N-dealkylation sites (tertiary alicyclic amines) is 1. The molecule has 1 N–H and O–H groups in total. The van der Waals surface area contributed by atoms with E-state index in [1.165, 1.54) is 0 Å². The van der Waals surface area contributed by atoms with Crippen molar-refractivity contribution in [3.8, 4) is 11.5 Å². The Labute approximate surface area is 145 Å². The second-order valence-corrected chi connectivity index (χ2v) is 6.45. The normalized spacial score (nSPS) is 17.8. The third-order valence-electron chi connectivity index (χ3n) is 4.65. The van der Waals surface area contributed by atoms with Gasteiger partial charge in [0.25, 0.3) is 5.91 Å². The molecule has 7 nitrogen and oxygen atoms in total. The number of H-pyrrole nitrogens is 1. The second kappa shape index (κ2) is 6.58. The highest BCUT2D eigenvalue weighted by atomic mass is 16.3. The summed E-state index contributed by atoms with van der Waals surface area (Å²) in [6, 6.07) is 7.58. The molecule has 1 atom stereocenters. The fourth-order valence-corrected chi connectivity index (χ4v) is 3.37. The van der Waals surface area contributed by atoms with Gasteiger partial charge in [0.05, 0.1) is 12.6 Å². The van der Waals surface area contributed by atoms with E-state index in [1.54, 1.807) is 12.3 Å². The Kier molecular flexibility index (Phi) is 4.13. The number of hydrogen-bond acceptors (Lipinski definition) is 4. The molecule has 3 aromatic rings. The van der Waals surface area contributed by atoms with Crippen molar-refractivity contribution in [2.24, 2.45) is 0 Å². The average molecular weight is 339 g/mol. The fraction of sp³-hybridized carbons (Fsp3) is 0.389. The quantitative estimate of drug-likeness (QED) is 0.792. The maximum Gasteiger partial charge on any atom is 0.274 e. The first-order valence-electron chi connectivity index (χ1n) is 8.61. The van der Waals surface area contributed by atoms with Crippen molar-refractivity contribution in [2.75, 3.05) is 6.54 Å². The Balaban J connectivity index is 1.53. The number of aromatic nitrogens is 4. The predicted molar refractivity (Wildman–Crippen MR) is 91.9 cm³/mol. The van der Waals surface area contributed by atoms with Gasteiger partial charge < -0.3 is 9.32 Å². The molecule has 0 spiro atoms. The van der Waals surface area contributed by atoms with Crippen LogP contribution in [0.1, 0.15) is 35.5 Å². The molecular formula is C18H21N5O2. The van der Waals surface area contributed by atoms with Crippen LogP contribution in [0.15, 0.2) is 41.1 Å². The SMILES string of the molecule is Cc1ccc(-c2cc(C(=O)N3CCCCC3Cn3cccn3)n[nH]2)o1. The molecule has 0 aromatic carbocycles. The van der Waals surface area contributed by atoms with E-state index >= 15 is 0 Å². The van der Waals surface area contributed by atoms with E-state index in [2.05, 4.69) is 15.3 Å². The number of nitrogens with one attached hydrogen (secondary N) is 1. The summed E-state index contributed by atoms with van der Waals surface area (Å²) in [5.41, 5.74) is 1.15. The maximum atomic E-state index is 13.0. The van der Waals surface area contributed by atoms with E-state index in [0.29, 0.717) is 18.0 Å². The fourth-order valence-electron chi connectivity index (χ4n) is 3.37. The van der Waals surface area contributed by atoms with E-state index in [0.717, 1.165) is 37.3 Å². The average Bonchev–Trinajstić information content (AvgIpc) is 3.36. The molecule has 0 aliphatic carbocycles. The number of carbonyl (C=O) groups is 1. The third-order valence-corrected chi connectivity index (χ3v) is 4.65. The van der Waals surface area contributed by atoms with Crippen LogP contribution in [0.2, 0.25) is 0 Å². The largest absolute Gasteiger partial charge is 0.460 e. The van der Waals surface area contributed by atoms with Crippen LogP contribution < -0.4 is 0 Å². The molecule has 4 heterocycles. The summed E-state index contributed by atoms with van der Waals surface area (Å²) in [7, 11) is 0. The lowest BCUT2D eigenvalue weighted by Gasteiger charge is -2.35. The minimum Gasteiger partial charge on any atom is -0.460 e. The summed E-state index contributed by atoms with van der Waals surface area (Å²) in [5, 5.41) is 11.4. The van der Waals surface area contributed by atoms with E-state index < -0.39 is 0 Å². The van der Waals surface area contributed by atoms with Crippen molar-refractivity contribution in [1.29, 1.82) is 0 Å². The predicted octanol–water partition coefficient (Wildman–Crippen LogP) is 2.87. The van der Waals surface area contributed by atoms with Crippen LogP contribution in [0.25, 0.3) is 11.5 Å². The number of nitrogens with zero attached hydrogens (tertiary/aromatic N) is 4. The molecule has 1 unspecified atom stereocenters. The van der Waals surface area contributed by atoms with Gasteiger partial charge in [-0.05, 0) is 44.4 Å². The van der Waals surface area contributed by atoms with Gasteiger partial charge >= 0.3 is 0 Å². The molecule has 0 bridgehead atoms. The van der Waals surface area contributed by atoms with Crippen molar-refractivity contribution < 1.29 is 9.21 Å². The molecule has 1 fully saturated rings. The van der Waals surface area contributed by atoms with Crippen molar-refractivity contribution in [3.63, 3.8) is 0 Å². The number of piperidine rings is 1. The first kappa shape index (κ1) is 15.7. The van der Waals surface area contributed by atoms with Crippen LogP contribution in [0.4, 0.5) is 0 Å². The van der Waals surface area contributed by atoms with Gasteiger partial charge in [0, 0.05) is 25.0 Å². The van der Waals surface area contributed by atoms with E-state index in [-0.39, 0.29) is 11.9 Å². The van der Waals surface area contributed by atoms with Crippen molar-refractivity contribution >= 4 is 5.91 Å². The van der Waals surface area contributed by atoms with E-state index in [9.17, 15) is 4.79 Å². The number of hydrogen-bond donors (Lipinski definition) is 1. The summed E-state index contributed by atoms with van der Waals surface area (Å²) in [4.78, 5) is 14.9. The van der Waals surface area contributed by atoms with Crippen LogP contribution in [-0.4, -0.2) is 43.4 Å². The van der Waals surface area contributed by atoms with Gasteiger partial charge in [-0.1, -0.05) is 0 Å². The van der Waals surface area contributed by atoms with Crippen molar-refractivity contribution in [1.82, 2.24) is 24.9 Å². The molecule has 0 saturated carbocycles. The van der Waals surface area contributed by atoms with Crippen LogP contribution >= 0.6 is 0 Å². The Bertz CT molecular complexity index is 849. The Morgan fingerprint density at radius 3 is 3.08 bits per heavy atom. The molecule has 130 valence electrons. The van der Waals surface area contributed by atoms with Crippen LogP contribution in [0.5, 0.6) is 0 Å².